The predicted octanol–water partition coefficient (Wildman–Crippen LogP) is 6.63. The van der Waals surface area contributed by atoms with E-state index in [-0.39, 0.29) is 12.1 Å². The van der Waals surface area contributed by atoms with Gasteiger partial charge in [-0.05, 0) is 73.6 Å². The fourth-order valence-electron chi connectivity index (χ4n) is 5.55. The van der Waals surface area contributed by atoms with Gasteiger partial charge in [-0.1, -0.05) is 42.5 Å². The third-order valence-corrected chi connectivity index (χ3v) is 8.54. The minimum atomic E-state index is -0.227. The number of nitrogens with one attached hydrogen (secondary N) is 1. The summed E-state index contributed by atoms with van der Waals surface area (Å²) in [5, 5.41) is 4.48. The molecule has 0 bridgehead atoms. The Balaban J connectivity index is 1.44. The van der Waals surface area contributed by atoms with Crippen LogP contribution in [0.15, 0.2) is 72.9 Å². The summed E-state index contributed by atoms with van der Waals surface area (Å²) in [6.45, 7) is 3.69. The van der Waals surface area contributed by atoms with Crippen molar-refractivity contribution >= 4 is 17.4 Å². The lowest BCUT2D eigenvalue weighted by Crippen LogP contribution is -2.41. The van der Waals surface area contributed by atoms with Crippen molar-refractivity contribution in [1.82, 2.24) is 14.8 Å². The van der Waals surface area contributed by atoms with Gasteiger partial charge >= 0.3 is 6.03 Å². The second-order valence-corrected chi connectivity index (χ2v) is 10.6. The van der Waals surface area contributed by atoms with Crippen LogP contribution in [0.1, 0.15) is 58.6 Å². The first-order chi connectivity index (χ1) is 17.7. The minimum absolute atomic E-state index is 0.0537. The van der Waals surface area contributed by atoms with Gasteiger partial charge < -0.3 is 19.5 Å². The molecule has 1 aliphatic carbocycles. The molecule has 0 saturated carbocycles. The van der Waals surface area contributed by atoms with Crippen LogP contribution in [0, 0.1) is 0 Å². The molecule has 0 saturated heterocycles. The normalized spacial score (nSPS) is 16.5. The summed E-state index contributed by atoms with van der Waals surface area (Å²) in [4.78, 5) is 17.4. The fourth-order valence-corrected chi connectivity index (χ4v) is 6.96. The Kier molecular flexibility index (Phi) is 6.28. The van der Waals surface area contributed by atoms with Gasteiger partial charge in [-0.15, -0.1) is 11.3 Å². The summed E-state index contributed by atoms with van der Waals surface area (Å²) >= 11 is 1.91. The lowest BCUT2D eigenvalue weighted by atomic mass is 9.95. The Morgan fingerprint density at radius 3 is 2.75 bits per heavy atom. The zero-order chi connectivity index (χ0) is 24.5. The highest BCUT2D eigenvalue weighted by atomic mass is 32.1. The molecule has 2 aromatic carbocycles. The first-order valence-electron chi connectivity index (χ1n) is 12.8. The molecule has 2 amide bonds. The predicted molar refractivity (Wildman–Crippen MR) is 144 cm³/mol. The van der Waals surface area contributed by atoms with E-state index in [4.69, 9.17) is 4.74 Å². The molecular formula is C30H31N3O2S. The number of amides is 2. The summed E-state index contributed by atoms with van der Waals surface area (Å²) < 4.78 is 8.16. The van der Waals surface area contributed by atoms with Crippen LogP contribution in [-0.4, -0.2) is 22.1 Å². The zero-order valence-corrected chi connectivity index (χ0v) is 21.4. The van der Waals surface area contributed by atoms with Crippen LogP contribution in [0.25, 0.3) is 5.00 Å². The summed E-state index contributed by atoms with van der Waals surface area (Å²) in [6, 6.07) is 22.3. The van der Waals surface area contributed by atoms with Crippen molar-refractivity contribution in [1.29, 1.82) is 0 Å². The van der Waals surface area contributed by atoms with Gasteiger partial charge in [0, 0.05) is 23.2 Å². The van der Waals surface area contributed by atoms with Gasteiger partial charge in [0.2, 0.25) is 0 Å². The Morgan fingerprint density at radius 2 is 1.89 bits per heavy atom. The fraction of sp³-hybridized carbons (Fsp3) is 0.300. The van der Waals surface area contributed by atoms with Crippen molar-refractivity contribution in [3.63, 3.8) is 0 Å². The first kappa shape index (κ1) is 22.9. The smallest absolute Gasteiger partial charge is 0.318 e. The van der Waals surface area contributed by atoms with Gasteiger partial charge in [-0.2, -0.15) is 0 Å². The molecular weight excluding hydrogens is 466 g/mol. The minimum Gasteiger partial charge on any atom is -0.494 e. The summed E-state index contributed by atoms with van der Waals surface area (Å²) in [5.74, 6) is 0.828. The molecule has 0 unspecified atom stereocenters. The molecule has 0 radical (unpaired) electrons. The van der Waals surface area contributed by atoms with E-state index in [1.807, 2.05) is 65.6 Å². The average molecular weight is 498 g/mol. The SMILES string of the molecule is CCOc1cccc([C@H]2c3cccn3-c3sc4c(c3CN2C(=O)NCc2ccccc2)CCCC4)c1. The van der Waals surface area contributed by atoms with E-state index in [0.29, 0.717) is 19.7 Å². The number of aryl methyl sites for hydroxylation is 1. The number of carbonyl (C=O) groups excluding carboxylic acids is 1. The number of hydrogen-bond acceptors (Lipinski definition) is 3. The van der Waals surface area contributed by atoms with Crippen LogP contribution in [0.4, 0.5) is 4.79 Å². The van der Waals surface area contributed by atoms with Crippen LogP contribution in [-0.2, 0) is 25.9 Å². The topological polar surface area (TPSA) is 46.5 Å². The van der Waals surface area contributed by atoms with Crippen molar-refractivity contribution in [2.24, 2.45) is 0 Å². The lowest BCUT2D eigenvalue weighted by Gasteiger charge is -2.31. The second kappa shape index (κ2) is 9.86. The van der Waals surface area contributed by atoms with Gasteiger partial charge in [0.05, 0.1) is 24.9 Å². The highest BCUT2D eigenvalue weighted by Gasteiger charge is 2.36. The zero-order valence-electron chi connectivity index (χ0n) is 20.6. The summed E-state index contributed by atoms with van der Waals surface area (Å²) in [6.07, 6.45) is 6.86. The van der Waals surface area contributed by atoms with Gasteiger partial charge in [0.25, 0.3) is 0 Å². The molecule has 0 spiro atoms. The van der Waals surface area contributed by atoms with Crippen molar-refractivity contribution in [2.45, 2.75) is 51.7 Å². The number of carbonyl (C=O) groups is 1. The molecule has 1 N–H and O–H groups in total. The van der Waals surface area contributed by atoms with Crippen molar-refractivity contribution in [3.05, 3.63) is 106 Å². The molecule has 2 aliphatic rings. The quantitative estimate of drug-likeness (QED) is 0.336. The van der Waals surface area contributed by atoms with Crippen molar-refractivity contribution < 1.29 is 9.53 Å². The van der Waals surface area contributed by atoms with E-state index < -0.39 is 0 Å². The number of hydrogen-bond donors (Lipinski definition) is 1. The monoisotopic (exact) mass is 497 g/mol. The van der Waals surface area contributed by atoms with Crippen LogP contribution in [0.5, 0.6) is 5.75 Å². The number of aromatic nitrogens is 1. The van der Waals surface area contributed by atoms with Crippen LogP contribution in [0.3, 0.4) is 0 Å². The number of nitrogens with zero attached hydrogens (tertiary/aromatic N) is 2. The molecule has 3 heterocycles. The number of urea groups is 1. The Labute approximate surface area is 216 Å². The molecule has 184 valence electrons. The molecule has 2 aromatic heterocycles. The molecule has 5 nitrogen and oxygen atoms in total. The van der Waals surface area contributed by atoms with Gasteiger partial charge in [-0.3, -0.25) is 0 Å². The highest BCUT2D eigenvalue weighted by molar-refractivity contribution is 7.15. The third kappa shape index (κ3) is 4.20. The largest absolute Gasteiger partial charge is 0.494 e. The van der Waals surface area contributed by atoms with Gasteiger partial charge in [0.15, 0.2) is 0 Å². The number of ether oxygens (including phenoxy) is 1. The molecule has 1 aliphatic heterocycles. The van der Waals surface area contributed by atoms with Gasteiger partial charge in [0.1, 0.15) is 10.8 Å². The molecule has 0 fully saturated rings. The van der Waals surface area contributed by atoms with E-state index in [1.54, 1.807) is 0 Å². The molecule has 1 atom stereocenters. The second-order valence-electron chi connectivity index (χ2n) is 9.48. The number of benzene rings is 2. The van der Waals surface area contributed by atoms with E-state index in [0.717, 1.165) is 35.4 Å². The first-order valence-corrected chi connectivity index (χ1v) is 13.7. The van der Waals surface area contributed by atoms with E-state index in [2.05, 4.69) is 40.3 Å². The maximum atomic E-state index is 13.9. The maximum absolute atomic E-state index is 13.9. The third-order valence-electron chi connectivity index (χ3n) is 7.21. The van der Waals surface area contributed by atoms with Gasteiger partial charge in [-0.25, -0.2) is 4.79 Å². The van der Waals surface area contributed by atoms with E-state index in [1.165, 1.54) is 33.8 Å². The Morgan fingerprint density at radius 1 is 1.03 bits per heavy atom. The van der Waals surface area contributed by atoms with E-state index in [9.17, 15) is 4.79 Å². The molecule has 6 rings (SSSR count). The number of fused-ring (bicyclic) bond motifs is 5. The Bertz CT molecular complexity index is 1370. The number of rotatable bonds is 5. The maximum Gasteiger partial charge on any atom is 0.318 e. The Hall–Kier alpha value is -3.51. The van der Waals surface area contributed by atoms with E-state index >= 15 is 0 Å². The highest BCUT2D eigenvalue weighted by Crippen LogP contribution is 2.44. The molecule has 4 aromatic rings. The van der Waals surface area contributed by atoms with Crippen LogP contribution in [0.2, 0.25) is 0 Å². The van der Waals surface area contributed by atoms with Crippen LogP contribution < -0.4 is 10.1 Å². The van der Waals surface area contributed by atoms with Crippen molar-refractivity contribution in [3.8, 4) is 10.8 Å². The summed E-state index contributed by atoms with van der Waals surface area (Å²) in [5.41, 5.74) is 6.03. The molecule has 36 heavy (non-hydrogen) atoms. The number of thiophene rings is 1. The average Bonchev–Trinajstić information content (AvgIpc) is 3.50. The van der Waals surface area contributed by atoms with Crippen LogP contribution >= 0.6 is 11.3 Å². The standard InChI is InChI=1S/C30H31N3O2S/c1-2-35-23-13-8-12-22(18-23)28-26-15-9-17-32(26)29-25(24-14-6-7-16-27(24)36-29)20-33(28)30(34)31-19-21-10-4-3-5-11-21/h3-5,8-13,15,17-18,28H,2,6-7,14,16,19-20H2,1H3,(H,31,34)/t28-/m0/s1. The lowest BCUT2D eigenvalue weighted by molar-refractivity contribution is 0.180. The summed E-state index contributed by atoms with van der Waals surface area (Å²) in [7, 11) is 0. The van der Waals surface area contributed by atoms with Crippen molar-refractivity contribution in [2.75, 3.05) is 6.61 Å². The molecule has 6 heteroatoms.